The Morgan fingerprint density at radius 1 is 1.20 bits per heavy atom. The third-order valence-corrected chi connectivity index (χ3v) is 3.35. The lowest BCUT2D eigenvalue weighted by Crippen LogP contribution is -2.02. The lowest BCUT2D eigenvalue weighted by atomic mass is 10.2. The number of benzene rings is 1. The number of halogens is 1. The molecule has 1 aromatic carbocycles. The monoisotopic (exact) mass is 288 g/mol. The Kier molecular flexibility index (Phi) is 3.20. The van der Waals surface area contributed by atoms with Crippen molar-refractivity contribution < 1.29 is 4.74 Å². The zero-order chi connectivity index (χ0) is 14.1. The van der Waals surface area contributed by atoms with Gasteiger partial charge in [0.25, 0.3) is 0 Å². The molecule has 0 bridgehead atoms. The number of nitrogens with two attached hydrogens (primary N) is 1. The molecule has 0 aliphatic rings. The number of pyridine rings is 1. The number of ether oxygens (including phenoxy) is 1. The van der Waals surface area contributed by atoms with Crippen LogP contribution in [0.2, 0.25) is 5.02 Å². The summed E-state index contributed by atoms with van der Waals surface area (Å²) < 4.78 is 7.46. The van der Waals surface area contributed by atoms with Crippen molar-refractivity contribution in [1.82, 2.24) is 14.6 Å². The predicted octanol–water partition coefficient (Wildman–Crippen LogP) is 2.85. The quantitative estimate of drug-likeness (QED) is 0.805. The number of hydrogen-bond acceptors (Lipinski definition) is 4. The number of nitrogens with zero attached hydrogens (tertiary/aromatic N) is 3. The van der Waals surface area contributed by atoms with E-state index in [1.165, 1.54) is 5.56 Å². The third-order valence-electron chi connectivity index (χ3n) is 3.02. The van der Waals surface area contributed by atoms with Crippen molar-refractivity contribution in [3.8, 4) is 5.75 Å². The first-order valence-electron chi connectivity index (χ1n) is 6.12. The number of anilines is 1. The van der Waals surface area contributed by atoms with Crippen LogP contribution in [0.25, 0.3) is 5.65 Å². The normalized spacial score (nSPS) is 10.9. The molecule has 20 heavy (non-hydrogen) atoms. The van der Waals surface area contributed by atoms with E-state index in [4.69, 9.17) is 22.1 Å². The highest BCUT2D eigenvalue weighted by Gasteiger charge is 2.10. The molecule has 0 fully saturated rings. The van der Waals surface area contributed by atoms with Gasteiger partial charge in [-0.15, -0.1) is 10.2 Å². The molecular formula is C14H13ClN4O. The van der Waals surface area contributed by atoms with Crippen LogP contribution in [0, 0.1) is 6.92 Å². The van der Waals surface area contributed by atoms with Gasteiger partial charge in [-0.3, -0.25) is 4.40 Å². The largest absolute Gasteiger partial charge is 0.486 e. The minimum absolute atomic E-state index is 0.311. The Bertz CT molecular complexity index is 752. The van der Waals surface area contributed by atoms with Gasteiger partial charge in [-0.05, 0) is 25.1 Å². The molecule has 2 heterocycles. The molecule has 0 spiro atoms. The SMILES string of the molecule is Cc1ccc(OCc2nnc3c(N)c(Cl)ccn23)cc1. The fourth-order valence-electron chi connectivity index (χ4n) is 1.88. The summed E-state index contributed by atoms with van der Waals surface area (Å²) in [7, 11) is 0. The molecule has 0 atom stereocenters. The predicted molar refractivity (Wildman–Crippen MR) is 77.9 cm³/mol. The van der Waals surface area contributed by atoms with Crippen molar-refractivity contribution >= 4 is 22.9 Å². The van der Waals surface area contributed by atoms with E-state index < -0.39 is 0 Å². The van der Waals surface area contributed by atoms with E-state index in [1.54, 1.807) is 16.7 Å². The molecule has 0 aliphatic heterocycles. The summed E-state index contributed by atoms with van der Waals surface area (Å²) in [6.45, 7) is 2.34. The molecule has 2 aromatic heterocycles. The first-order chi connectivity index (χ1) is 9.65. The standard InChI is InChI=1S/C14H13ClN4O/c1-9-2-4-10(5-3-9)20-8-12-17-18-14-13(16)11(15)6-7-19(12)14/h2-7H,8,16H2,1H3. The van der Waals surface area contributed by atoms with Crippen molar-refractivity contribution in [2.24, 2.45) is 0 Å². The van der Waals surface area contributed by atoms with E-state index in [2.05, 4.69) is 10.2 Å². The van der Waals surface area contributed by atoms with Crippen molar-refractivity contribution in [3.63, 3.8) is 0 Å². The first-order valence-corrected chi connectivity index (χ1v) is 6.50. The molecule has 5 nitrogen and oxygen atoms in total. The van der Waals surface area contributed by atoms with Gasteiger partial charge in [0, 0.05) is 6.20 Å². The van der Waals surface area contributed by atoms with Crippen LogP contribution in [0.3, 0.4) is 0 Å². The molecule has 0 saturated heterocycles. The van der Waals surface area contributed by atoms with Crippen molar-refractivity contribution in [2.75, 3.05) is 5.73 Å². The van der Waals surface area contributed by atoms with E-state index in [-0.39, 0.29) is 0 Å². The minimum Gasteiger partial charge on any atom is -0.486 e. The van der Waals surface area contributed by atoms with E-state index in [1.807, 2.05) is 31.2 Å². The number of hydrogen-bond donors (Lipinski definition) is 1. The summed E-state index contributed by atoms with van der Waals surface area (Å²) >= 11 is 5.95. The molecule has 3 aromatic rings. The second-order valence-corrected chi connectivity index (χ2v) is 4.90. The van der Waals surface area contributed by atoms with Gasteiger partial charge in [0.05, 0.1) is 10.7 Å². The van der Waals surface area contributed by atoms with Crippen LogP contribution in [-0.4, -0.2) is 14.6 Å². The van der Waals surface area contributed by atoms with Gasteiger partial charge in [-0.25, -0.2) is 0 Å². The van der Waals surface area contributed by atoms with Gasteiger partial charge in [0.15, 0.2) is 11.5 Å². The molecule has 0 aliphatic carbocycles. The number of nitrogen functional groups attached to an aromatic ring is 1. The maximum atomic E-state index is 5.95. The van der Waals surface area contributed by atoms with Gasteiger partial charge in [-0.1, -0.05) is 29.3 Å². The van der Waals surface area contributed by atoms with Crippen LogP contribution in [0.5, 0.6) is 5.75 Å². The van der Waals surface area contributed by atoms with Crippen molar-refractivity contribution in [1.29, 1.82) is 0 Å². The molecule has 0 saturated carbocycles. The second-order valence-electron chi connectivity index (χ2n) is 4.49. The Hall–Kier alpha value is -2.27. The Morgan fingerprint density at radius 2 is 1.95 bits per heavy atom. The molecule has 3 rings (SSSR count). The summed E-state index contributed by atoms with van der Waals surface area (Å²) in [6, 6.07) is 9.54. The van der Waals surface area contributed by atoms with Crippen LogP contribution >= 0.6 is 11.6 Å². The summed E-state index contributed by atoms with van der Waals surface area (Å²) in [5.74, 6) is 1.46. The molecular weight excluding hydrogens is 276 g/mol. The number of aryl methyl sites for hydroxylation is 1. The molecule has 0 radical (unpaired) electrons. The Balaban J connectivity index is 1.85. The zero-order valence-electron chi connectivity index (χ0n) is 10.9. The first kappa shape index (κ1) is 12.7. The summed E-state index contributed by atoms with van der Waals surface area (Å²) in [4.78, 5) is 0. The third kappa shape index (κ3) is 2.28. The van der Waals surface area contributed by atoms with Crippen LogP contribution in [0.1, 0.15) is 11.4 Å². The molecule has 0 amide bonds. The summed E-state index contributed by atoms with van der Waals surface area (Å²) in [6.07, 6.45) is 1.78. The average Bonchev–Trinajstić information content (AvgIpc) is 2.86. The highest BCUT2D eigenvalue weighted by atomic mass is 35.5. The highest BCUT2D eigenvalue weighted by Crippen LogP contribution is 2.23. The summed E-state index contributed by atoms with van der Waals surface area (Å²) in [5, 5.41) is 8.58. The fraction of sp³-hybridized carbons (Fsp3) is 0.143. The molecule has 0 unspecified atom stereocenters. The van der Waals surface area contributed by atoms with Crippen LogP contribution in [0.15, 0.2) is 36.5 Å². The van der Waals surface area contributed by atoms with Crippen LogP contribution in [0.4, 0.5) is 5.69 Å². The second kappa shape index (κ2) is 5.02. The highest BCUT2D eigenvalue weighted by molar-refractivity contribution is 6.33. The Labute approximate surface area is 121 Å². The van der Waals surface area contributed by atoms with E-state index >= 15 is 0 Å². The molecule has 102 valence electrons. The van der Waals surface area contributed by atoms with E-state index in [9.17, 15) is 0 Å². The number of fused-ring (bicyclic) bond motifs is 1. The van der Waals surface area contributed by atoms with Gasteiger partial charge in [0.1, 0.15) is 12.4 Å². The van der Waals surface area contributed by atoms with Crippen molar-refractivity contribution in [2.45, 2.75) is 13.5 Å². The zero-order valence-corrected chi connectivity index (χ0v) is 11.6. The van der Waals surface area contributed by atoms with E-state index in [0.717, 1.165) is 5.75 Å². The average molecular weight is 289 g/mol. The maximum absolute atomic E-state index is 5.95. The molecule has 2 N–H and O–H groups in total. The van der Waals surface area contributed by atoms with Gasteiger partial charge >= 0.3 is 0 Å². The Morgan fingerprint density at radius 3 is 2.70 bits per heavy atom. The van der Waals surface area contributed by atoms with Crippen LogP contribution in [-0.2, 0) is 6.61 Å². The minimum atomic E-state index is 0.311. The summed E-state index contributed by atoms with van der Waals surface area (Å²) in [5.41, 5.74) is 8.01. The lowest BCUT2D eigenvalue weighted by molar-refractivity contribution is 0.294. The van der Waals surface area contributed by atoms with Gasteiger partial charge in [0.2, 0.25) is 0 Å². The lowest BCUT2D eigenvalue weighted by Gasteiger charge is -2.06. The smallest absolute Gasteiger partial charge is 0.185 e. The van der Waals surface area contributed by atoms with E-state index in [0.29, 0.717) is 28.8 Å². The molecule has 6 heteroatoms. The number of rotatable bonds is 3. The number of aromatic nitrogens is 3. The van der Waals surface area contributed by atoms with Crippen LogP contribution < -0.4 is 10.5 Å². The van der Waals surface area contributed by atoms with Gasteiger partial charge in [-0.2, -0.15) is 0 Å². The van der Waals surface area contributed by atoms with Gasteiger partial charge < -0.3 is 10.5 Å². The fourth-order valence-corrected chi connectivity index (χ4v) is 2.02. The van der Waals surface area contributed by atoms with Crippen molar-refractivity contribution in [3.05, 3.63) is 52.9 Å². The topological polar surface area (TPSA) is 65.4 Å². The maximum Gasteiger partial charge on any atom is 0.185 e.